The minimum absolute atomic E-state index is 0.0821. The first kappa shape index (κ1) is 17.4. The molecule has 0 radical (unpaired) electrons. The topological polar surface area (TPSA) is 83.9 Å². The van der Waals surface area contributed by atoms with Gasteiger partial charge in [-0.15, -0.1) is 17.5 Å². The number of β-lactam (4-membered cyclic amide) rings is 1. The fraction of sp³-hybridized carbons (Fsp3) is 0.500. The molecule has 0 aromatic rings. The Hall–Kier alpha value is -1.98. The van der Waals surface area contributed by atoms with E-state index in [9.17, 15) is 19.5 Å². The van der Waals surface area contributed by atoms with Gasteiger partial charge in [-0.3, -0.25) is 14.5 Å². The lowest BCUT2D eigenvalue weighted by atomic mass is 9.95. The van der Waals surface area contributed by atoms with E-state index in [2.05, 4.69) is 5.73 Å². The Labute approximate surface area is 138 Å². The molecule has 0 aromatic carbocycles. The van der Waals surface area contributed by atoms with Crippen LogP contribution in [0, 0.1) is 5.41 Å². The molecule has 0 spiro atoms. The molecular weight excluding hydrogens is 318 g/mol. The van der Waals surface area contributed by atoms with E-state index in [4.69, 9.17) is 4.74 Å². The van der Waals surface area contributed by atoms with Crippen LogP contribution in [0.2, 0.25) is 0 Å². The third-order valence-corrected chi connectivity index (χ3v) is 4.51. The zero-order valence-corrected chi connectivity index (χ0v) is 14.3. The number of esters is 1. The molecule has 1 N–H and O–H groups in total. The Morgan fingerprint density at radius 3 is 2.65 bits per heavy atom. The van der Waals surface area contributed by atoms with Gasteiger partial charge in [0.05, 0.1) is 5.57 Å². The van der Waals surface area contributed by atoms with E-state index in [1.165, 1.54) is 23.6 Å². The predicted octanol–water partition coefficient (Wildman–Crippen LogP) is 1.93. The highest BCUT2D eigenvalue weighted by Crippen LogP contribution is 2.43. The number of carboxylic acids is 1. The Kier molecular flexibility index (Phi) is 4.73. The van der Waals surface area contributed by atoms with Gasteiger partial charge in [0.25, 0.3) is 5.91 Å². The summed E-state index contributed by atoms with van der Waals surface area (Å²) in [6, 6.07) is 0. The van der Waals surface area contributed by atoms with Crippen LogP contribution in [0.5, 0.6) is 0 Å². The maximum Gasteiger partial charge on any atom is 0.352 e. The molecule has 0 unspecified atom stereocenters. The summed E-state index contributed by atoms with van der Waals surface area (Å²) < 4.78 is 4.88. The van der Waals surface area contributed by atoms with Crippen LogP contribution in [-0.2, 0) is 19.1 Å². The van der Waals surface area contributed by atoms with Gasteiger partial charge in [0.15, 0.2) is 0 Å². The smallest absolute Gasteiger partial charge is 0.352 e. The minimum atomic E-state index is -1.19. The van der Waals surface area contributed by atoms with E-state index in [1.54, 1.807) is 0 Å². The summed E-state index contributed by atoms with van der Waals surface area (Å²) >= 11 is 1.43. The van der Waals surface area contributed by atoms with Gasteiger partial charge in [-0.05, 0) is 11.5 Å². The van der Waals surface area contributed by atoms with Gasteiger partial charge in [0, 0.05) is 18.2 Å². The Morgan fingerprint density at radius 1 is 1.48 bits per heavy atom. The molecule has 0 saturated carbocycles. The van der Waals surface area contributed by atoms with Crippen molar-refractivity contribution in [2.45, 2.75) is 33.1 Å². The summed E-state index contributed by atoms with van der Waals surface area (Å²) in [4.78, 5) is 36.0. The first-order valence-corrected chi connectivity index (χ1v) is 8.18. The molecule has 2 aliphatic heterocycles. The van der Waals surface area contributed by atoms with E-state index in [-0.39, 0.29) is 29.0 Å². The molecule has 124 valence electrons. The Balaban J connectivity index is 2.32. The lowest BCUT2D eigenvalue weighted by molar-refractivity contribution is -0.142. The third-order valence-electron chi connectivity index (χ3n) is 3.23. The highest BCUT2D eigenvalue weighted by atomic mass is 32.2. The van der Waals surface area contributed by atoms with Crippen molar-refractivity contribution >= 4 is 29.6 Å². The van der Waals surface area contributed by atoms with Crippen LogP contribution >= 0.6 is 11.8 Å². The highest BCUT2D eigenvalue weighted by Gasteiger charge is 2.49. The van der Waals surface area contributed by atoms with Crippen LogP contribution < -0.4 is 0 Å². The molecule has 7 heteroatoms. The average molecular weight is 337 g/mol. The molecule has 2 rings (SSSR count). The minimum Gasteiger partial charge on any atom is -0.477 e. The molecule has 1 fully saturated rings. The average Bonchev–Trinajstić information content (AvgIpc) is 2.42. The summed E-state index contributed by atoms with van der Waals surface area (Å²) in [6.45, 7) is 7.13. The van der Waals surface area contributed by atoms with Gasteiger partial charge < -0.3 is 9.84 Å². The van der Waals surface area contributed by atoms with Crippen molar-refractivity contribution in [1.29, 1.82) is 0 Å². The fourth-order valence-corrected chi connectivity index (χ4v) is 3.44. The second-order valence-electron chi connectivity index (χ2n) is 6.44. The number of carbonyl (C=O) groups is 3. The van der Waals surface area contributed by atoms with Gasteiger partial charge in [0.1, 0.15) is 17.7 Å². The van der Waals surface area contributed by atoms with Gasteiger partial charge >= 0.3 is 11.9 Å². The first-order chi connectivity index (χ1) is 10.6. The zero-order valence-electron chi connectivity index (χ0n) is 13.5. The molecule has 1 atom stereocenters. The number of nitrogens with zero attached hydrogens (tertiary/aromatic N) is 1. The predicted molar refractivity (Wildman–Crippen MR) is 85.4 cm³/mol. The number of carbonyl (C=O) groups excluding carboxylic acids is 2. The van der Waals surface area contributed by atoms with Crippen LogP contribution in [0.3, 0.4) is 0 Å². The van der Waals surface area contributed by atoms with Crippen molar-refractivity contribution in [3.8, 4) is 0 Å². The van der Waals surface area contributed by atoms with Crippen molar-refractivity contribution < 1.29 is 24.2 Å². The molecule has 0 aromatic heterocycles. The number of fused-ring (bicyclic) bond motifs is 1. The second kappa shape index (κ2) is 6.26. The molecule has 1 amide bonds. The summed E-state index contributed by atoms with van der Waals surface area (Å²) in [7, 11) is 0. The van der Waals surface area contributed by atoms with Crippen LogP contribution in [-0.4, -0.2) is 45.6 Å². The molecule has 0 bridgehead atoms. The molecule has 2 heterocycles. The van der Waals surface area contributed by atoms with Gasteiger partial charge in [-0.25, -0.2) is 4.79 Å². The first-order valence-electron chi connectivity index (χ1n) is 7.13. The number of carboxylic acid groups (broad SMARTS) is 1. The number of hydrogen-bond donors (Lipinski definition) is 1. The highest BCUT2D eigenvalue weighted by molar-refractivity contribution is 8.00. The summed E-state index contributed by atoms with van der Waals surface area (Å²) in [5, 5.41) is 9.08. The van der Waals surface area contributed by atoms with E-state index >= 15 is 0 Å². The second-order valence-corrected chi connectivity index (χ2v) is 7.51. The maximum absolute atomic E-state index is 12.3. The van der Waals surface area contributed by atoms with Crippen molar-refractivity contribution in [3.63, 3.8) is 0 Å². The number of ether oxygens (including phenoxy) is 1. The Bertz CT molecular complexity index is 664. The molecule has 2 aliphatic rings. The van der Waals surface area contributed by atoms with Crippen LogP contribution in [0.25, 0.3) is 0 Å². The standard InChI is InChI=1S/C16H19NO5S/c1-9(18)22-7-10-8-23-14-11(5-6-16(2,3)4)13(19)17(14)12(10)15(20)21/h6,14H,7-8H2,1-4H3,(H,20,21)/t5?,14-/m1/s1. The van der Waals surface area contributed by atoms with Crippen molar-refractivity contribution in [2.75, 3.05) is 12.4 Å². The van der Waals surface area contributed by atoms with Crippen molar-refractivity contribution in [1.82, 2.24) is 4.90 Å². The summed E-state index contributed by atoms with van der Waals surface area (Å²) in [5.41, 5.74) is 3.73. The molecule has 0 aliphatic carbocycles. The molecular formula is C16H19NO5S. The monoisotopic (exact) mass is 337 g/mol. The lowest BCUT2D eigenvalue weighted by Gasteiger charge is -2.44. The summed E-state index contributed by atoms with van der Waals surface area (Å²) in [5.74, 6) is -1.65. The van der Waals surface area contributed by atoms with Crippen LogP contribution in [0.1, 0.15) is 27.7 Å². The quantitative estimate of drug-likeness (QED) is 0.367. The largest absolute Gasteiger partial charge is 0.477 e. The van der Waals surface area contributed by atoms with Crippen molar-refractivity contribution in [2.24, 2.45) is 5.41 Å². The number of aliphatic carboxylic acids is 1. The number of rotatable bonds is 3. The fourth-order valence-electron chi connectivity index (χ4n) is 2.18. The third kappa shape index (κ3) is 3.68. The number of hydrogen-bond acceptors (Lipinski definition) is 5. The van der Waals surface area contributed by atoms with Crippen LogP contribution in [0.15, 0.2) is 28.7 Å². The van der Waals surface area contributed by atoms with Crippen LogP contribution in [0.4, 0.5) is 0 Å². The lowest BCUT2D eigenvalue weighted by Crippen LogP contribution is -2.56. The van der Waals surface area contributed by atoms with Gasteiger partial charge in [-0.2, -0.15) is 0 Å². The maximum atomic E-state index is 12.3. The van der Waals surface area contributed by atoms with E-state index in [1.807, 2.05) is 26.8 Å². The van der Waals surface area contributed by atoms with Gasteiger partial charge in [-0.1, -0.05) is 20.8 Å². The van der Waals surface area contributed by atoms with Crippen molar-refractivity contribution in [3.05, 3.63) is 28.7 Å². The SMILES string of the molecule is CC(=O)OCC1=C(C(=O)O)N2C(=O)C(=C=CC(C)(C)C)[C@H]2SC1. The van der Waals surface area contributed by atoms with E-state index in [0.717, 1.165) is 0 Å². The number of thioether (sulfide) groups is 1. The number of amides is 1. The molecule has 23 heavy (non-hydrogen) atoms. The summed E-state index contributed by atoms with van der Waals surface area (Å²) in [6.07, 6.45) is 1.82. The van der Waals surface area contributed by atoms with E-state index in [0.29, 0.717) is 16.9 Å². The Morgan fingerprint density at radius 2 is 2.13 bits per heavy atom. The normalized spacial score (nSPS) is 20.5. The molecule has 1 saturated heterocycles. The molecule has 6 nitrogen and oxygen atoms in total. The zero-order chi connectivity index (χ0) is 17.4. The van der Waals surface area contributed by atoms with Gasteiger partial charge in [0.2, 0.25) is 0 Å². The van der Waals surface area contributed by atoms with E-state index < -0.39 is 11.9 Å².